The number of rotatable bonds is 10. The Bertz CT molecular complexity index is 563. The van der Waals surface area contributed by atoms with Crippen LogP contribution < -0.4 is 21.3 Å². The second-order valence-corrected chi connectivity index (χ2v) is 5.89. The zero-order valence-corrected chi connectivity index (χ0v) is 15.0. The highest BCUT2D eigenvalue weighted by Gasteiger charge is 2.09. The predicted molar refractivity (Wildman–Crippen MR) is 94.4 cm³/mol. The van der Waals surface area contributed by atoms with Crippen molar-refractivity contribution in [3.05, 3.63) is 23.8 Å². The summed E-state index contributed by atoms with van der Waals surface area (Å²) in [6.45, 7) is 4.88. The van der Waals surface area contributed by atoms with Crippen LogP contribution in [0.5, 0.6) is 5.75 Å². The minimum Gasteiger partial charge on any atom is -0.495 e. The summed E-state index contributed by atoms with van der Waals surface area (Å²) in [4.78, 5) is 27.6. The monoisotopic (exact) mass is 353 g/mol. The number of anilines is 1. The minimum atomic E-state index is -0.819. The average molecular weight is 353 g/mol. The van der Waals surface area contributed by atoms with Crippen molar-refractivity contribution in [1.29, 1.82) is 0 Å². The molecule has 3 amide bonds. The van der Waals surface area contributed by atoms with Crippen molar-refractivity contribution >= 4 is 17.8 Å². The molecule has 0 bridgehead atoms. The number of nitrogens with two attached hydrogens (primary N) is 1. The average Bonchev–Trinajstić information content (AvgIpc) is 2.54. The number of carbonyl (C=O) groups is 2. The zero-order valence-electron chi connectivity index (χ0n) is 15.0. The molecule has 0 saturated heterocycles. The van der Waals surface area contributed by atoms with Crippen LogP contribution in [0.15, 0.2) is 18.2 Å². The highest BCUT2D eigenvalue weighted by atomic mass is 16.7. The van der Waals surface area contributed by atoms with E-state index in [9.17, 15) is 9.59 Å². The topological polar surface area (TPSA) is 112 Å². The molecule has 0 aliphatic carbocycles. The summed E-state index contributed by atoms with van der Waals surface area (Å²) in [5, 5.41) is 2.67. The molecule has 0 spiro atoms. The predicted octanol–water partition coefficient (Wildman–Crippen LogP) is 2.82. The van der Waals surface area contributed by atoms with E-state index in [1.165, 1.54) is 7.11 Å². The maximum atomic E-state index is 11.9. The van der Waals surface area contributed by atoms with Gasteiger partial charge in [-0.15, -0.1) is 0 Å². The van der Waals surface area contributed by atoms with Crippen LogP contribution in [0, 0.1) is 5.92 Å². The van der Waals surface area contributed by atoms with Crippen molar-refractivity contribution < 1.29 is 23.9 Å². The highest BCUT2D eigenvalue weighted by molar-refractivity contribution is 5.90. The van der Waals surface area contributed by atoms with E-state index < -0.39 is 12.1 Å². The molecule has 0 aromatic heterocycles. The lowest BCUT2D eigenvalue weighted by Gasteiger charge is -2.13. The quantitative estimate of drug-likeness (QED) is 0.442. The van der Waals surface area contributed by atoms with Crippen molar-refractivity contribution in [2.75, 3.05) is 25.6 Å². The summed E-state index contributed by atoms with van der Waals surface area (Å²) >= 11 is 0. The third-order valence-corrected chi connectivity index (χ3v) is 3.34. The van der Waals surface area contributed by atoms with Gasteiger partial charge >= 0.3 is 12.1 Å². The summed E-state index contributed by atoms with van der Waals surface area (Å²) < 4.78 is 9.93. The molecular weight excluding hydrogens is 326 g/mol. The number of benzene rings is 1. The molecule has 0 aliphatic heterocycles. The second-order valence-electron chi connectivity index (χ2n) is 5.89. The SMILES string of the molecule is COc1ccc(CCOC(N)=O)cc1NC(=O)NOCCCC(C)C. The molecule has 1 aromatic carbocycles. The van der Waals surface area contributed by atoms with Crippen molar-refractivity contribution in [3.63, 3.8) is 0 Å². The molecule has 140 valence electrons. The number of methoxy groups -OCH3 is 1. The minimum absolute atomic E-state index is 0.159. The maximum Gasteiger partial charge on any atom is 0.404 e. The number of nitrogens with one attached hydrogen (secondary N) is 2. The van der Waals surface area contributed by atoms with E-state index in [1.54, 1.807) is 12.1 Å². The summed E-state index contributed by atoms with van der Waals surface area (Å²) in [7, 11) is 1.51. The number of urea groups is 1. The van der Waals surface area contributed by atoms with E-state index >= 15 is 0 Å². The summed E-state index contributed by atoms with van der Waals surface area (Å²) in [6.07, 6.45) is 1.55. The first-order valence-electron chi connectivity index (χ1n) is 8.20. The van der Waals surface area contributed by atoms with E-state index in [4.69, 9.17) is 20.0 Å². The third kappa shape index (κ3) is 8.80. The Hall–Kier alpha value is -2.48. The molecule has 0 saturated carbocycles. The van der Waals surface area contributed by atoms with Gasteiger partial charge in [0.05, 0.1) is 26.0 Å². The molecule has 0 heterocycles. The van der Waals surface area contributed by atoms with Gasteiger partial charge in [0.15, 0.2) is 0 Å². The summed E-state index contributed by atoms with van der Waals surface area (Å²) in [5.41, 5.74) is 8.61. The van der Waals surface area contributed by atoms with Crippen molar-refractivity contribution in [2.24, 2.45) is 11.7 Å². The molecule has 0 unspecified atom stereocenters. The van der Waals surface area contributed by atoms with Crippen LogP contribution in [0.2, 0.25) is 0 Å². The van der Waals surface area contributed by atoms with Crippen LogP contribution >= 0.6 is 0 Å². The molecule has 1 rings (SSSR count). The number of ether oxygens (including phenoxy) is 2. The second kappa shape index (κ2) is 11.1. The van der Waals surface area contributed by atoms with Crippen LogP contribution in [0.25, 0.3) is 0 Å². The molecule has 25 heavy (non-hydrogen) atoms. The van der Waals surface area contributed by atoms with Crippen molar-refractivity contribution in [1.82, 2.24) is 5.48 Å². The van der Waals surface area contributed by atoms with E-state index in [0.717, 1.165) is 18.4 Å². The van der Waals surface area contributed by atoms with Gasteiger partial charge in [-0.05, 0) is 36.5 Å². The van der Waals surface area contributed by atoms with E-state index in [0.29, 0.717) is 30.4 Å². The van der Waals surface area contributed by atoms with E-state index in [1.807, 2.05) is 6.07 Å². The fraction of sp³-hybridized carbons (Fsp3) is 0.529. The van der Waals surface area contributed by atoms with Gasteiger partial charge in [-0.3, -0.25) is 4.84 Å². The summed E-state index contributed by atoms with van der Waals surface area (Å²) in [5.74, 6) is 1.11. The number of hydrogen-bond donors (Lipinski definition) is 3. The fourth-order valence-corrected chi connectivity index (χ4v) is 2.11. The molecule has 0 fully saturated rings. The zero-order chi connectivity index (χ0) is 18.7. The van der Waals surface area contributed by atoms with Crippen LogP contribution in [-0.2, 0) is 16.0 Å². The lowest BCUT2D eigenvalue weighted by molar-refractivity contribution is 0.0619. The number of hydrogen-bond acceptors (Lipinski definition) is 5. The molecule has 8 heteroatoms. The molecule has 1 aromatic rings. The standard InChI is InChI=1S/C17H27N3O5/c1-12(2)5-4-9-25-20-17(22)19-14-11-13(6-7-15(14)23-3)8-10-24-16(18)21/h6-7,11-12H,4-5,8-10H2,1-3H3,(H2,18,21)(H2,19,20,22). The smallest absolute Gasteiger partial charge is 0.404 e. The van der Waals surface area contributed by atoms with Gasteiger partial charge in [0.1, 0.15) is 5.75 Å². The number of primary amides is 1. The Labute approximate surface area is 148 Å². The Morgan fingerprint density at radius 1 is 1.24 bits per heavy atom. The molecular formula is C17H27N3O5. The third-order valence-electron chi connectivity index (χ3n) is 3.34. The largest absolute Gasteiger partial charge is 0.495 e. The van der Waals surface area contributed by atoms with Gasteiger partial charge in [-0.1, -0.05) is 19.9 Å². The molecule has 0 atom stereocenters. The Morgan fingerprint density at radius 3 is 2.64 bits per heavy atom. The van der Waals surface area contributed by atoms with Crippen LogP contribution in [0.4, 0.5) is 15.3 Å². The highest BCUT2D eigenvalue weighted by Crippen LogP contribution is 2.25. The molecule has 8 nitrogen and oxygen atoms in total. The first-order valence-corrected chi connectivity index (χ1v) is 8.20. The summed E-state index contributed by atoms with van der Waals surface area (Å²) in [6, 6.07) is 4.78. The fourth-order valence-electron chi connectivity index (χ4n) is 2.11. The van der Waals surface area contributed by atoms with Gasteiger partial charge < -0.3 is 20.5 Å². The van der Waals surface area contributed by atoms with Gasteiger partial charge in [-0.25, -0.2) is 15.1 Å². The van der Waals surface area contributed by atoms with Crippen molar-refractivity contribution in [2.45, 2.75) is 33.1 Å². The Kier molecular flexibility index (Phi) is 9.16. The maximum absolute atomic E-state index is 11.9. The van der Waals surface area contributed by atoms with Crippen LogP contribution in [0.3, 0.4) is 0 Å². The van der Waals surface area contributed by atoms with Gasteiger partial charge in [0.25, 0.3) is 0 Å². The first-order chi connectivity index (χ1) is 11.9. The van der Waals surface area contributed by atoms with Gasteiger partial charge in [0, 0.05) is 6.42 Å². The Morgan fingerprint density at radius 2 is 2.00 bits per heavy atom. The lowest BCUT2D eigenvalue weighted by Crippen LogP contribution is -2.29. The number of hydroxylamine groups is 1. The van der Waals surface area contributed by atoms with Crippen LogP contribution in [-0.4, -0.2) is 32.4 Å². The lowest BCUT2D eigenvalue weighted by atomic mass is 10.1. The van der Waals surface area contributed by atoms with Gasteiger partial charge in [0.2, 0.25) is 0 Å². The molecule has 0 aliphatic rings. The number of amides is 3. The van der Waals surface area contributed by atoms with Gasteiger partial charge in [-0.2, -0.15) is 0 Å². The molecule has 0 radical (unpaired) electrons. The number of carbonyl (C=O) groups excluding carboxylic acids is 2. The normalized spacial score (nSPS) is 10.4. The van der Waals surface area contributed by atoms with Crippen molar-refractivity contribution in [3.8, 4) is 5.75 Å². The van der Waals surface area contributed by atoms with E-state index in [2.05, 4.69) is 24.6 Å². The first kappa shape index (κ1) is 20.6. The van der Waals surface area contributed by atoms with E-state index in [-0.39, 0.29) is 6.61 Å². The van der Waals surface area contributed by atoms with Crippen LogP contribution in [0.1, 0.15) is 32.3 Å². The molecule has 4 N–H and O–H groups in total. The Balaban J connectivity index is 2.51.